The number of aliphatic hydroxyl groups excluding tert-OH is 1. The number of ether oxygens (including phenoxy) is 1. The van der Waals surface area contributed by atoms with Crippen molar-refractivity contribution in [3.05, 3.63) is 42.2 Å². The lowest BCUT2D eigenvalue weighted by Crippen LogP contribution is -2.45. The van der Waals surface area contributed by atoms with Crippen LogP contribution < -0.4 is 10.6 Å². The molecule has 1 aliphatic carbocycles. The number of carbonyl (C=O) groups is 2. The molecule has 0 bridgehead atoms. The van der Waals surface area contributed by atoms with Gasteiger partial charge in [-0.1, -0.05) is 13.8 Å². The summed E-state index contributed by atoms with van der Waals surface area (Å²) < 4.78 is 5.35. The van der Waals surface area contributed by atoms with Crippen LogP contribution in [0.1, 0.15) is 43.6 Å². The highest BCUT2D eigenvalue weighted by molar-refractivity contribution is 5.89. The van der Waals surface area contributed by atoms with Crippen molar-refractivity contribution in [2.45, 2.75) is 44.2 Å². The lowest BCUT2D eigenvalue weighted by Gasteiger charge is -2.30. The number of amides is 3. The summed E-state index contributed by atoms with van der Waals surface area (Å²) in [5, 5.41) is 16.9. The monoisotopic (exact) mass is 442 g/mol. The number of urea groups is 1. The number of carbonyl (C=O) groups excluding carboxylic acids is 2. The van der Waals surface area contributed by atoms with Crippen molar-refractivity contribution in [1.82, 2.24) is 25.2 Å². The Morgan fingerprint density at radius 2 is 2.06 bits per heavy atom. The van der Waals surface area contributed by atoms with Gasteiger partial charge in [0.25, 0.3) is 0 Å². The molecule has 0 unspecified atom stereocenters. The van der Waals surface area contributed by atoms with Gasteiger partial charge in [-0.25, -0.2) is 9.78 Å². The van der Waals surface area contributed by atoms with Crippen molar-refractivity contribution < 1.29 is 19.4 Å². The number of hydrogen-bond donors (Lipinski definition) is 4. The highest BCUT2D eigenvalue weighted by Crippen LogP contribution is 2.40. The van der Waals surface area contributed by atoms with Crippen molar-refractivity contribution in [3.63, 3.8) is 0 Å². The second-order valence-corrected chi connectivity index (χ2v) is 8.62. The van der Waals surface area contributed by atoms with Gasteiger partial charge in [0, 0.05) is 49.1 Å². The van der Waals surface area contributed by atoms with E-state index in [0.717, 1.165) is 5.82 Å². The number of imidazole rings is 1. The van der Waals surface area contributed by atoms with Gasteiger partial charge in [-0.05, 0) is 18.6 Å². The number of nitrogens with zero attached hydrogens (tertiary/aromatic N) is 3. The molecule has 2 aromatic heterocycles. The van der Waals surface area contributed by atoms with E-state index in [2.05, 4.69) is 25.6 Å². The molecule has 3 heterocycles. The van der Waals surface area contributed by atoms with Gasteiger partial charge >= 0.3 is 6.03 Å². The summed E-state index contributed by atoms with van der Waals surface area (Å²) in [7, 11) is 0. The molecule has 1 saturated heterocycles. The highest BCUT2D eigenvalue weighted by Gasteiger charge is 2.49. The summed E-state index contributed by atoms with van der Waals surface area (Å²) in [6.45, 7) is 6.05. The van der Waals surface area contributed by atoms with E-state index in [0.29, 0.717) is 44.1 Å². The SMILES string of the molecule is CC(C)c1ncc([C@@H]2[C@H](O)[C@@H](C(=O)N3CCOCC3)C[C@H]2NC(=O)Nc2cccnc2)[nH]1. The van der Waals surface area contributed by atoms with Crippen LogP contribution in [0.25, 0.3) is 0 Å². The standard InChI is InChI=1S/C22H30N6O4/c1-13(2)20-24-12-17(26-20)18-16(27-22(31)25-14-4-3-5-23-11-14)10-15(19(18)29)21(30)28-6-8-32-9-7-28/h3-5,11-13,15-16,18-19,29H,6-10H2,1-2H3,(H,24,26)(H2,25,27,31)/t15-,16+,18+,19+/m0/s1. The first-order valence-electron chi connectivity index (χ1n) is 11.0. The number of aromatic amines is 1. The molecular formula is C22H30N6O4. The summed E-state index contributed by atoms with van der Waals surface area (Å²) in [6.07, 6.45) is 4.25. The van der Waals surface area contributed by atoms with E-state index in [1.165, 1.54) is 0 Å². The summed E-state index contributed by atoms with van der Waals surface area (Å²) in [6, 6.07) is 2.61. The van der Waals surface area contributed by atoms with Gasteiger partial charge < -0.3 is 30.4 Å². The van der Waals surface area contributed by atoms with Crippen LogP contribution in [0.2, 0.25) is 0 Å². The van der Waals surface area contributed by atoms with Gasteiger partial charge in [0.05, 0.1) is 37.1 Å². The molecule has 172 valence electrons. The Balaban J connectivity index is 1.54. The Bertz CT molecular complexity index is 928. The normalized spacial score (nSPS) is 25.7. The number of aromatic nitrogens is 3. The predicted molar refractivity (Wildman–Crippen MR) is 117 cm³/mol. The maximum atomic E-state index is 13.2. The number of rotatable bonds is 5. The smallest absolute Gasteiger partial charge is 0.319 e. The average Bonchev–Trinajstić information content (AvgIpc) is 3.39. The molecule has 1 saturated carbocycles. The van der Waals surface area contributed by atoms with Gasteiger partial charge in [-0.15, -0.1) is 0 Å². The van der Waals surface area contributed by atoms with Gasteiger partial charge in [-0.2, -0.15) is 0 Å². The lowest BCUT2D eigenvalue weighted by atomic mass is 9.95. The first-order valence-corrected chi connectivity index (χ1v) is 11.0. The third kappa shape index (κ3) is 4.76. The molecule has 32 heavy (non-hydrogen) atoms. The average molecular weight is 443 g/mol. The Morgan fingerprint density at radius 1 is 1.28 bits per heavy atom. The van der Waals surface area contributed by atoms with Crippen LogP contribution in [0.4, 0.5) is 10.5 Å². The lowest BCUT2D eigenvalue weighted by molar-refractivity contribution is -0.142. The van der Waals surface area contributed by atoms with Crippen LogP contribution in [0.15, 0.2) is 30.7 Å². The summed E-state index contributed by atoms with van der Waals surface area (Å²) in [5.74, 6) is -0.217. The van der Waals surface area contributed by atoms with E-state index >= 15 is 0 Å². The molecule has 0 radical (unpaired) electrons. The topological polar surface area (TPSA) is 132 Å². The predicted octanol–water partition coefficient (Wildman–Crippen LogP) is 1.44. The van der Waals surface area contributed by atoms with E-state index in [4.69, 9.17) is 4.74 Å². The third-order valence-corrected chi connectivity index (χ3v) is 6.12. The van der Waals surface area contributed by atoms with Crippen LogP contribution in [-0.2, 0) is 9.53 Å². The van der Waals surface area contributed by atoms with Crippen LogP contribution >= 0.6 is 0 Å². The molecule has 2 aromatic rings. The molecule has 10 heteroatoms. The second kappa shape index (κ2) is 9.66. The van der Waals surface area contributed by atoms with Gasteiger partial charge in [-0.3, -0.25) is 9.78 Å². The molecule has 3 amide bonds. The Labute approximate surface area is 186 Å². The van der Waals surface area contributed by atoms with E-state index in [-0.39, 0.29) is 11.8 Å². The number of pyridine rings is 1. The molecule has 10 nitrogen and oxygen atoms in total. The Hall–Kier alpha value is -2.98. The number of H-pyrrole nitrogens is 1. The summed E-state index contributed by atoms with van der Waals surface area (Å²) in [4.78, 5) is 39.3. The molecule has 4 rings (SSSR count). The largest absolute Gasteiger partial charge is 0.392 e. The summed E-state index contributed by atoms with van der Waals surface area (Å²) >= 11 is 0. The maximum Gasteiger partial charge on any atom is 0.319 e. The van der Waals surface area contributed by atoms with Gasteiger partial charge in [0.2, 0.25) is 5.91 Å². The van der Waals surface area contributed by atoms with Gasteiger partial charge in [0.15, 0.2) is 0 Å². The fraction of sp³-hybridized carbons (Fsp3) is 0.545. The minimum absolute atomic E-state index is 0.105. The van der Waals surface area contributed by atoms with Crippen LogP contribution in [0, 0.1) is 5.92 Å². The first kappa shape index (κ1) is 22.2. The Kier molecular flexibility index (Phi) is 6.71. The minimum Gasteiger partial charge on any atom is -0.392 e. The van der Waals surface area contributed by atoms with Crippen LogP contribution in [0.5, 0.6) is 0 Å². The van der Waals surface area contributed by atoms with Crippen molar-refractivity contribution in [1.29, 1.82) is 0 Å². The molecular weight excluding hydrogens is 412 g/mol. The highest BCUT2D eigenvalue weighted by atomic mass is 16.5. The molecule has 0 spiro atoms. The third-order valence-electron chi connectivity index (χ3n) is 6.12. The van der Waals surface area contributed by atoms with E-state index in [1.54, 1.807) is 35.6 Å². The van der Waals surface area contributed by atoms with Crippen molar-refractivity contribution in [2.24, 2.45) is 5.92 Å². The molecule has 2 fully saturated rings. The molecule has 4 N–H and O–H groups in total. The quantitative estimate of drug-likeness (QED) is 0.554. The van der Waals surface area contributed by atoms with Crippen LogP contribution in [0.3, 0.4) is 0 Å². The fourth-order valence-corrected chi connectivity index (χ4v) is 4.45. The maximum absolute atomic E-state index is 13.2. The van der Waals surface area contributed by atoms with E-state index < -0.39 is 30.0 Å². The molecule has 4 atom stereocenters. The van der Waals surface area contributed by atoms with E-state index in [9.17, 15) is 14.7 Å². The van der Waals surface area contributed by atoms with Crippen LogP contribution in [-0.4, -0.2) is 75.3 Å². The number of morpholine rings is 1. The molecule has 0 aromatic carbocycles. The first-order chi connectivity index (χ1) is 15.4. The zero-order chi connectivity index (χ0) is 22.7. The van der Waals surface area contributed by atoms with Crippen molar-refractivity contribution in [3.8, 4) is 0 Å². The zero-order valence-corrected chi connectivity index (χ0v) is 18.3. The zero-order valence-electron chi connectivity index (χ0n) is 18.3. The van der Waals surface area contributed by atoms with Gasteiger partial charge in [0.1, 0.15) is 5.82 Å². The molecule has 1 aliphatic heterocycles. The Morgan fingerprint density at radius 3 is 2.72 bits per heavy atom. The number of hydrogen-bond acceptors (Lipinski definition) is 6. The number of aliphatic hydroxyl groups is 1. The van der Waals surface area contributed by atoms with Crippen molar-refractivity contribution >= 4 is 17.6 Å². The fourth-order valence-electron chi connectivity index (χ4n) is 4.45. The number of nitrogens with one attached hydrogen (secondary N) is 3. The second-order valence-electron chi connectivity index (χ2n) is 8.62. The van der Waals surface area contributed by atoms with Crippen molar-refractivity contribution in [2.75, 3.05) is 31.6 Å². The molecule has 2 aliphatic rings. The van der Waals surface area contributed by atoms with E-state index in [1.807, 2.05) is 13.8 Å². The summed E-state index contributed by atoms with van der Waals surface area (Å²) in [5.41, 5.74) is 1.27. The minimum atomic E-state index is -0.950. The number of anilines is 1.